The Bertz CT molecular complexity index is 602. The molecule has 0 spiro atoms. The summed E-state index contributed by atoms with van der Waals surface area (Å²) in [5.74, 6) is 0. The molecule has 1 aromatic heterocycles. The number of H-pyrrole nitrogens is 1. The molecule has 1 unspecified atom stereocenters. The van der Waals surface area contributed by atoms with E-state index < -0.39 is 0 Å². The van der Waals surface area contributed by atoms with Crippen LogP contribution in [0.25, 0.3) is 10.9 Å². The van der Waals surface area contributed by atoms with Gasteiger partial charge >= 0.3 is 6.03 Å². The van der Waals surface area contributed by atoms with Crippen LogP contribution in [-0.2, 0) is 12.8 Å². The van der Waals surface area contributed by atoms with Crippen molar-refractivity contribution in [1.29, 1.82) is 0 Å². The number of hydrogen-bond donors (Lipinski definition) is 3. The first kappa shape index (κ1) is 12.1. The molecular formula is C15H19N3O. The summed E-state index contributed by atoms with van der Waals surface area (Å²) in [5, 5.41) is 7.18. The average molecular weight is 257 g/mol. The Morgan fingerprint density at radius 3 is 3.05 bits per heavy atom. The van der Waals surface area contributed by atoms with Gasteiger partial charge in [0.05, 0.1) is 0 Å². The third-order valence-corrected chi connectivity index (χ3v) is 3.67. The minimum absolute atomic E-state index is 0.0543. The summed E-state index contributed by atoms with van der Waals surface area (Å²) in [6.07, 6.45) is 2.77. The smallest absolute Gasteiger partial charge is 0.315 e. The van der Waals surface area contributed by atoms with E-state index in [1.54, 1.807) is 0 Å². The summed E-state index contributed by atoms with van der Waals surface area (Å²) in [6, 6.07) is 8.51. The molecule has 1 aromatic carbocycles. The number of fused-ring (bicyclic) bond motifs is 3. The van der Waals surface area contributed by atoms with Gasteiger partial charge in [0.2, 0.25) is 0 Å². The Kier molecular flexibility index (Phi) is 3.15. The predicted octanol–water partition coefficient (Wildman–Crippen LogP) is 2.34. The fourth-order valence-corrected chi connectivity index (χ4v) is 2.81. The molecule has 0 bridgehead atoms. The molecule has 3 rings (SSSR count). The van der Waals surface area contributed by atoms with Crippen LogP contribution in [0.3, 0.4) is 0 Å². The van der Waals surface area contributed by atoms with Gasteiger partial charge in [-0.2, -0.15) is 0 Å². The Morgan fingerprint density at radius 1 is 1.37 bits per heavy atom. The Hall–Kier alpha value is -1.97. The van der Waals surface area contributed by atoms with Gasteiger partial charge in [-0.3, -0.25) is 0 Å². The van der Waals surface area contributed by atoms with E-state index in [4.69, 9.17) is 0 Å². The third kappa shape index (κ3) is 2.30. The average Bonchev–Trinajstić information content (AvgIpc) is 2.93. The summed E-state index contributed by atoms with van der Waals surface area (Å²) >= 11 is 0. The number of amides is 2. The SMILES string of the molecule is CCCNC(=O)NC1Cc2[nH]c3ccccc3c2C1. The quantitative estimate of drug-likeness (QED) is 0.776. The molecule has 4 nitrogen and oxygen atoms in total. The van der Waals surface area contributed by atoms with Gasteiger partial charge in [0.1, 0.15) is 0 Å². The lowest BCUT2D eigenvalue weighted by Crippen LogP contribution is -2.42. The summed E-state index contributed by atoms with van der Waals surface area (Å²) in [4.78, 5) is 15.1. The molecule has 1 atom stereocenters. The lowest BCUT2D eigenvalue weighted by atomic mass is 10.1. The molecule has 19 heavy (non-hydrogen) atoms. The summed E-state index contributed by atoms with van der Waals surface area (Å²) in [6.45, 7) is 2.78. The molecule has 1 aliphatic carbocycles. The van der Waals surface area contributed by atoms with Gasteiger partial charge in [0.25, 0.3) is 0 Å². The first-order chi connectivity index (χ1) is 9.28. The normalized spacial score (nSPS) is 17.4. The van der Waals surface area contributed by atoms with Crippen LogP contribution in [0.5, 0.6) is 0 Å². The molecule has 4 heteroatoms. The number of nitrogens with one attached hydrogen (secondary N) is 3. The van der Waals surface area contributed by atoms with E-state index in [1.807, 2.05) is 13.0 Å². The number of carbonyl (C=O) groups is 1. The molecule has 0 radical (unpaired) electrons. The minimum atomic E-state index is -0.0543. The maximum atomic E-state index is 11.7. The predicted molar refractivity (Wildman–Crippen MR) is 76.3 cm³/mol. The molecule has 1 aliphatic rings. The standard InChI is InChI=1S/C15H19N3O/c1-2-7-16-15(19)17-10-8-12-11-5-3-4-6-13(11)18-14(12)9-10/h3-6,10,18H,2,7-9H2,1H3,(H2,16,17,19). The van der Waals surface area contributed by atoms with E-state index in [0.29, 0.717) is 0 Å². The van der Waals surface area contributed by atoms with Crippen molar-refractivity contribution in [1.82, 2.24) is 15.6 Å². The number of aromatic nitrogens is 1. The highest BCUT2D eigenvalue weighted by atomic mass is 16.2. The maximum Gasteiger partial charge on any atom is 0.315 e. The fraction of sp³-hybridized carbons (Fsp3) is 0.400. The summed E-state index contributed by atoms with van der Waals surface area (Å²) in [5.41, 5.74) is 3.82. The third-order valence-electron chi connectivity index (χ3n) is 3.67. The number of hydrogen-bond acceptors (Lipinski definition) is 1. The van der Waals surface area contributed by atoms with Crippen molar-refractivity contribution in [3.63, 3.8) is 0 Å². The highest BCUT2D eigenvalue weighted by Gasteiger charge is 2.26. The first-order valence-corrected chi connectivity index (χ1v) is 6.90. The topological polar surface area (TPSA) is 56.9 Å². The second kappa shape index (κ2) is 4.96. The zero-order chi connectivity index (χ0) is 13.2. The van der Waals surface area contributed by atoms with Crippen molar-refractivity contribution >= 4 is 16.9 Å². The highest BCUT2D eigenvalue weighted by molar-refractivity contribution is 5.85. The van der Waals surface area contributed by atoms with E-state index in [2.05, 4.69) is 33.8 Å². The number of benzene rings is 1. The minimum Gasteiger partial charge on any atom is -0.358 e. The largest absolute Gasteiger partial charge is 0.358 e. The van der Waals surface area contributed by atoms with Crippen LogP contribution in [0.2, 0.25) is 0 Å². The first-order valence-electron chi connectivity index (χ1n) is 6.90. The van der Waals surface area contributed by atoms with E-state index >= 15 is 0 Å². The molecule has 0 saturated heterocycles. The van der Waals surface area contributed by atoms with Crippen molar-refractivity contribution < 1.29 is 4.79 Å². The van der Waals surface area contributed by atoms with E-state index in [0.717, 1.165) is 25.8 Å². The van der Waals surface area contributed by atoms with Crippen molar-refractivity contribution in [3.8, 4) is 0 Å². The molecule has 0 saturated carbocycles. The second-order valence-electron chi connectivity index (χ2n) is 5.13. The molecule has 0 aliphatic heterocycles. The zero-order valence-corrected chi connectivity index (χ0v) is 11.1. The summed E-state index contributed by atoms with van der Waals surface area (Å²) < 4.78 is 0. The molecule has 2 amide bonds. The Balaban J connectivity index is 1.69. The molecular weight excluding hydrogens is 238 g/mol. The lowest BCUT2D eigenvalue weighted by molar-refractivity contribution is 0.237. The number of rotatable bonds is 3. The van der Waals surface area contributed by atoms with E-state index in [1.165, 1.54) is 22.2 Å². The van der Waals surface area contributed by atoms with Crippen LogP contribution in [0, 0.1) is 0 Å². The number of urea groups is 1. The molecule has 2 aromatic rings. The van der Waals surface area contributed by atoms with Crippen LogP contribution in [0.1, 0.15) is 24.6 Å². The van der Waals surface area contributed by atoms with Gasteiger partial charge in [-0.05, 0) is 24.5 Å². The lowest BCUT2D eigenvalue weighted by Gasteiger charge is -2.13. The molecule has 3 N–H and O–H groups in total. The van der Waals surface area contributed by atoms with E-state index in [-0.39, 0.29) is 12.1 Å². The Morgan fingerprint density at radius 2 is 2.21 bits per heavy atom. The molecule has 1 heterocycles. The van der Waals surface area contributed by atoms with Crippen molar-refractivity contribution in [2.75, 3.05) is 6.54 Å². The van der Waals surface area contributed by atoms with Crippen molar-refractivity contribution in [2.45, 2.75) is 32.2 Å². The van der Waals surface area contributed by atoms with Crippen LogP contribution >= 0.6 is 0 Å². The van der Waals surface area contributed by atoms with Gasteiger partial charge in [0.15, 0.2) is 0 Å². The van der Waals surface area contributed by atoms with Gasteiger partial charge < -0.3 is 15.6 Å². The van der Waals surface area contributed by atoms with Gasteiger partial charge in [-0.15, -0.1) is 0 Å². The summed E-state index contributed by atoms with van der Waals surface area (Å²) in [7, 11) is 0. The highest BCUT2D eigenvalue weighted by Crippen LogP contribution is 2.29. The fourth-order valence-electron chi connectivity index (χ4n) is 2.81. The second-order valence-corrected chi connectivity index (χ2v) is 5.13. The van der Waals surface area contributed by atoms with Gasteiger partial charge in [-0.25, -0.2) is 4.79 Å². The van der Waals surface area contributed by atoms with Crippen LogP contribution < -0.4 is 10.6 Å². The van der Waals surface area contributed by atoms with E-state index in [9.17, 15) is 4.79 Å². The Labute approximate surface area is 112 Å². The number of para-hydroxylation sites is 1. The van der Waals surface area contributed by atoms with Crippen LogP contribution in [-0.4, -0.2) is 23.6 Å². The maximum absolute atomic E-state index is 11.7. The molecule has 0 fully saturated rings. The zero-order valence-electron chi connectivity index (χ0n) is 11.1. The van der Waals surface area contributed by atoms with Gasteiger partial charge in [0, 0.05) is 35.6 Å². The van der Waals surface area contributed by atoms with Gasteiger partial charge in [-0.1, -0.05) is 25.1 Å². The molecule has 100 valence electrons. The van der Waals surface area contributed by atoms with Crippen LogP contribution in [0.15, 0.2) is 24.3 Å². The number of aromatic amines is 1. The monoisotopic (exact) mass is 257 g/mol. The van der Waals surface area contributed by atoms with Crippen molar-refractivity contribution in [3.05, 3.63) is 35.5 Å². The van der Waals surface area contributed by atoms with Crippen molar-refractivity contribution in [2.24, 2.45) is 0 Å². The van der Waals surface area contributed by atoms with Crippen LogP contribution in [0.4, 0.5) is 4.79 Å². The number of carbonyl (C=O) groups excluding carboxylic acids is 1.